The van der Waals surface area contributed by atoms with Gasteiger partial charge in [0.25, 0.3) is 0 Å². The molecule has 0 fully saturated rings. The van der Waals surface area contributed by atoms with Crippen molar-refractivity contribution in [2.45, 2.75) is 149 Å². The van der Waals surface area contributed by atoms with Crippen LogP contribution < -0.4 is 0 Å². The molecule has 0 aromatic rings. The second kappa shape index (κ2) is 23.8. The predicted molar refractivity (Wildman–Crippen MR) is 152 cm³/mol. The summed E-state index contributed by atoms with van der Waals surface area (Å²) >= 11 is 0. The number of carbonyl (C=O) groups is 5. The number of esters is 5. The van der Waals surface area contributed by atoms with Crippen molar-refractivity contribution in [1.29, 1.82) is 0 Å². The van der Waals surface area contributed by atoms with E-state index in [1.165, 1.54) is 51.9 Å². The number of ether oxygens (including phenoxy) is 5. The van der Waals surface area contributed by atoms with Crippen LogP contribution in [-0.2, 0) is 47.7 Å². The summed E-state index contributed by atoms with van der Waals surface area (Å²) in [6, 6.07) is 0. The zero-order valence-electron chi connectivity index (χ0n) is 26.0. The molecule has 42 heavy (non-hydrogen) atoms. The Kier molecular flexibility index (Phi) is 22.2. The van der Waals surface area contributed by atoms with Crippen molar-refractivity contribution in [3.63, 3.8) is 0 Å². The first-order chi connectivity index (χ1) is 19.9. The molecule has 0 aromatic heterocycles. The Morgan fingerprint density at radius 3 is 1.57 bits per heavy atom. The Balaban J connectivity index is 4.90. The molecule has 2 N–H and O–H groups in total. The van der Waals surface area contributed by atoms with Gasteiger partial charge in [-0.05, 0) is 12.8 Å². The first kappa shape index (κ1) is 39.3. The average Bonchev–Trinajstić information content (AvgIpc) is 2.90. The van der Waals surface area contributed by atoms with Crippen molar-refractivity contribution >= 4 is 29.8 Å². The molecule has 0 amide bonds. The Hall–Kier alpha value is -2.73. The third-order valence-electron chi connectivity index (χ3n) is 6.44. The molecule has 244 valence electrons. The van der Waals surface area contributed by atoms with Crippen LogP contribution in [0.2, 0.25) is 0 Å². The highest BCUT2D eigenvalue weighted by Crippen LogP contribution is 2.17. The highest BCUT2D eigenvalue weighted by Gasteiger charge is 2.38. The second-order valence-electron chi connectivity index (χ2n) is 10.5. The third kappa shape index (κ3) is 21.0. The maximum atomic E-state index is 12.6. The van der Waals surface area contributed by atoms with E-state index in [4.69, 9.17) is 23.7 Å². The number of hydrogen-bond acceptors (Lipinski definition) is 12. The summed E-state index contributed by atoms with van der Waals surface area (Å²) in [5.74, 6) is -3.72. The van der Waals surface area contributed by atoms with Crippen molar-refractivity contribution in [1.82, 2.24) is 0 Å². The second-order valence-corrected chi connectivity index (χ2v) is 10.5. The van der Waals surface area contributed by atoms with E-state index in [1.807, 2.05) is 0 Å². The molecule has 0 aliphatic carbocycles. The lowest BCUT2D eigenvalue weighted by molar-refractivity contribution is -0.190. The fourth-order valence-corrected chi connectivity index (χ4v) is 4.39. The largest absolute Gasteiger partial charge is 0.463 e. The van der Waals surface area contributed by atoms with E-state index in [2.05, 4.69) is 6.92 Å². The zero-order chi connectivity index (χ0) is 31.9. The molecule has 12 heteroatoms. The average molecular weight is 605 g/mol. The van der Waals surface area contributed by atoms with Gasteiger partial charge in [0.2, 0.25) is 0 Å². The van der Waals surface area contributed by atoms with Crippen molar-refractivity contribution in [3.8, 4) is 0 Å². The first-order valence-electron chi connectivity index (χ1n) is 15.0. The number of aliphatic hydroxyl groups is 2. The van der Waals surface area contributed by atoms with Gasteiger partial charge in [0, 0.05) is 27.7 Å². The van der Waals surface area contributed by atoms with Crippen LogP contribution in [0, 0.1) is 0 Å². The van der Waals surface area contributed by atoms with Gasteiger partial charge in [-0.3, -0.25) is 24.0 Å². The molecular weight excluding hydrogens is 552 g/mol. The minimum absolute atomic E-state index is 0.247. The number of unbranched alkanes of at least 4 members (excludes halogenated alkanes) is 10. The highest BCUT2D eigenvalue weighted by molar-refractivity contribution is 5.71. The van der Waals surface area contributed by atoms with Gasteiger partial charge in [0.1, 0.15) is 31.5 Å². The quantitative estimate of drug-likeness (QED) is 0.0931. The SMILES string of the molecule is CCCCCCCCCCCCCC(CC(=O)OC[C@@H](OC(C)=O)[C@@H](O)[C@H](OC(C)=O)[C@H](O)COC(C)=O)OC(C)=O. The van der Waals surface area contributed by atoms with Crippen molar-refractivity contribution < 1.29 is 57.9 Å². The fourth-order valence-electron chi connectivity index (χ4n) is 4.39. The van der Waals surface area contributed by atoms with Gasteiger partial charge in [-0.15, -0.1) is 0 Å². The number of aliphatic hydroxyl groups excluding tert-OH is 2. The number of hydrogen-bond donors (Lipinski definition) is 2. The summed E-state index contributed by atoms with van der Waals surface area (Å²) in [5, 5.41) is 21.1. The summed E-state index contributed by atoms with van der Waals surface area (Å²) in [7, 11) is 0. The van der Waals surface area contributed by atoms with E-state index in [1.54, 1.807) is 0 Å². The van der Waals surface area contributed by atoms with Crippen LogP contribution in [0.5, 0.6) is 0 Å². The first-order valence-corrected chi connectivity index (χ1v) is 15.0. The van der Waals surface area contributed by atoms with Gasteiger partial charge < -0.3 is 33.9 Å². The highest BCUT2D eigenvalue weighted by atomic mass is 16.6. The molecule has 0 aliphatic rings. The van der Waals surface area contributed by atoms with E-state index in [0.29, 0.717) is 6.42 Å². The van der Waals surface area contributed by atoms with E-state index in [0.717, 1.165) is 46.5 Å². The molecule has 0 aromatic carbocycles. The standard InChI is InChI=1S/C30H52O12/c1-6-7-8-9-10-11-12-13-14-15-16-17-25(40-22(3)32)18-28(36)39-20-27(41-23(4)33)29(37)30(42-24(5)34)26(35)19-38-21(2)31/h25-27,29-30,35,37H,6-20H2,1-5H3/t25?,26-,27-,29-,30-/m1/s1. The van der Waals surface area contributed by atoms with Gasteiger partial charge in [-0.1, -0.05) is 71.1 Å². The topological polar surface area (TPSA) is 172 Å². The van der Waals surface area contributed by atoms with Crippen LogP contribution in [0.15, 0.2) is 0 Å². The van der Waals surface area contributed by atoms with E-state index in [-0.39, 0.29) is 6.42 Å². The fraction of sp³-hybridized carbons (Fsp3) is 0.833. The Morgan fingerprint density at radius 2 is 1.10 bits per heavy atom. The maximum Gasteiger partial charge on any atom is 0.309 e. The Morgan fingerprint density at radius 1 is 0.595 bits per heavy atom. The molecule has 1 unspecified atom stereocenters. The van der Waals surface area contributed by atoms with Gasteiger partial charge in [-0.2, -0.15) is 0 Å². The lowest BCUT2D eigenvalue weighted by atomic mass is 10.0. The van der Waals surface area contributed by atoms with Crippen LogP contribution in [0.3, 0.4) is 0 Å². The van der Waals surface area contributed by atoms with Gasteiger partial charge in [0.05, 0.1) is 6.42 Å². The lowest BCUT2D eigenvalue weighted by Crippen LogP contribution is -2.51. The molecule has 12 nitrogen and oxygen atoms in total. The van der Waals surface area contributed by atoms with Crippen molar-refractivity contribution in [2.75, 3.05) is 13.2 Å². The van der Waals surface area contributed by atoms with Crippen LogP contribution in [0.25, 0.3) is 0 Å². The van der Waals surface area contributed by atoms with Crippen molar-refractivity contribution in [2.24, 2.45) is 0 Å². The molecule has 0 saturated carbocycles. The molecule has 0 radical (unpaired) electrons. The number of carbonyl (C=O) groups excluding carboxylic acids is 5. The lowest BCUT2D eigenvalue weighted by Gasteiger charge is -2.31. The van der Waals surface area contributed by atoms with Crippen LogP contribution >= 0.6 is 0 Å². The smallest absolute Gasteiger partial charge is 0.309 e. The summed E-state index contributed by atoms with van der Waals surface area (Å²) in [5.41, 5.74) is 0. The minimum atomic E-state index is -1.84. The molecule has 0 heterocycles. The predicted octanol–water partition coefficient (Wildman–Crippen LogP) is 3.70. The van der Waals surface area contributed by atoms with Crippen molar-refractivity contribution in [3.05, 3.63) is 0 Å². The third-order valence-corrected chi connectivity index (χ3v) is 6.44. The monoisotopic (exact) mass is 604 g/mol. The van der Waals surface area contributed by atoms with Gasteiger partial charge >= 0.3 is 29.8 Å². The summed E-state index contributed by atoms with van der Waals surface area (Å²) in [6.45, 7) is 5.40. The summed E-state index contributed by atoms with van der Waals surface area (Å²) in [6.07, 6.45) is 5.56. The molecule has 0 spiro atoms. The van der Waals surface area contributed by atoms with E-state index < -0.39 is 73.6 Å². The molecule has 0 bridgehead atoms. The minimum Gasteiger partial charge on any atom is -0.463 e. The van der Waals surface area contributed by atoms with Crippen LogP contribution in [0.1, 0.15) is 118 Å². The zero-order valence-corrected chi connectivity index (χ0v) is 26.0. The Labute approximate surface area is 249 Å². The van der Waals surface area contributed by atoms with Gasteiger partial charge in [-0.25, -0.2) is 0 Å². The summed E-state index contributed by atoms with van der Waals surface area (Å²) < 4.78 is 25.2. The molecule has 0 saturated heterocycles. The maximum absolute atomic E-state index is 12.6. The molecular formula is C30H52O12. The normalized spacial score (nSPS) is 14.5. The Bertz CT molecular complexity index is 799. The summed E-state index contributed by atoms with van der Waals surface area (Å²) in [4.78, 5) is 58.4. The number of rotatable bonds is 24. The van der Waals surface area contributed by atoms with E-state index in [9.17, 15) is 34.2 Å². The molecule has 0 rings (SSSR count). The van der Waals surface area contributed by atoms with Crippen LogP contribution in [0.4, 0.5) is 0 Å². The van der Waals surface area contributed by atoms with E-state index >= 15 is 0 Å². The molecule has 0 aliphatic heterocycles. The van der Waals surface area contributed by atoms with Crippen LogP contribution in [-0.4, -0.2) is 83.8 Å². The van der Waals surface area contributed by atoms with Gasteiger partial charge in [0.15, 0.2) is 12.2 Å². The molecule has 5 atom stereocenters.